The highest BCUT2D eigenvalue weighted by Gasteiger charge is 2.56. The molecule has 0 radical (unpaired) electrons. The van der Waals surface area contributed by atoms with Crippen molar-refractivity contribution >= 4 is 10.8 Å². The molecule has 0 aliphatic rings. The van der Waals surface area contributed by atoms with E-state index in [9.17, 15) is 26.2 Å². The third kappa shape index (κ3) is 6.92. The first-order valence-corrected chi connectivity index (χ1v) is 6.60. The summed E-state index contributed by atoms with van der Waals surface area (Å²) >= 11 is 0. The molecule has 0 fully saturated rings. The van der Waals surface area contributed by atoms with Crippen molar-refractivity contribution in [3.63, 3.8) is 0 Å². The molecule has 0 aromatic rings. The molecule has 0 saturated heterocycles. The SMILES string of the molecule is CC(N)CCS(=O)CCCC(F)(F)C(F)(F)F. The van der Waals surface area contributed by atoms with E-state index in [2.05, 4.69) is 0 Å². The summed E-state index contributed by atoms with van der Waals surface area (Å²) in [6.07, 6.45) is -6.80. The largest absolute Gasteiger partial charge is 0.453 e. The summed E-state index contributed by atoms with van der Waals surface area (Å²) in [5, 5.41) is 0. The minimum atomic E-state index is -5.53. The van der Waals surface area contributed by atoms with Gasteiger partial charge in [0, 0.05) is 34.8 Å². The van der Waals surface area contributed by atoms with E-state index in [1.54, 1.807) is 6.92 Å². The number of rotatable bonds is 7. The Bertz CT molecular complexity index is 254. The topological polar surface area (TPSA) is 43.1 Å². The summed E-state index contributed by atoms with van der Waals surface area (Å²) in [7, 11) is -1.38. The molecule has 0 amide bonds. The third-order valence-electron chi connectivity index (χ3n) is 2.08. The van der Waals surface area contributed by atoms with Crippen LogP contribution in [-0.2, 0) is 10.8 Å². The lowest BCUT2D eigenvalue weighted by Crippen LogP contribution is -2.36. The lowest BCUT2D eigenvalue weighted by atomic mass is 10.2. The molecule has 0 heterocycles. The summed E-state index contributed by atoms with van der Waals surface area (Å²) in [4.78, 5) is 0. The monoisotopic (exact) mass is 281 g/mol. The molecular weight excluding hydrogens is 265 g/mol. The van der Waals surface area contributed by atoms with Crippen LogP contribution in [0.5, 0.6) is 0 Å². The molecule has 17 heavy (non-hydrogen) atoms. The summed E-state index contributed by atoms with van der Waals surface area (Å²) in [5.41, 5.74) is 5.39. The first-order chi connectivity index (χ1) is 7.56. The second-order valence-electron chi connectivity index (χ2n) is 3.92. The van der Waals surface area contributed by atoms with Gasteiger partial charge >= 0.3 is 12.1 Å². The Morgan fingerprint density at radius 3 is 2.12 bits per heavy atom. The van der Waals surface area contributed by atoms with Crippen LogP contribution in [0.4, 0.5) is 22.0 Å². The Kier molecular flexibility index (Phi) is 6.53. The molecule has 0 bridgehead atoms. The van der Waals surface area contributed by atoms with Crippen molar-refractivity contribution in [2.45, 2.75) is 44.3 Å². The van der Waals surface area contributed by atoms with Crippen LogP contribution >= 0.6 is 0 Å². The molecular formula is C9H16F5NOS. The molecule has 2 atom stereocenters. The fraction of sp³-hybridized carbons (Fsp3) is 1.00. The van der Waals surface area contributed by atoms with Crippen LogP contribution in [0.25, 0.3) is 0 Å². The molecule has 0 spiro atoms. The van der Waals surface area contributed by atoms with E-state index in [-0.39, 0.29) is 17.5 Å². The van der Waals surface area contributed by atoms with E-state index in [1.807, 2.05) is 0 Å². The summed E-state index contributed by atoms with van der Waals surface area (Å²) in [5.74, 6) is -4.62. The van der Waals surface area contributed by atoms with Gasteiger partial charge in [-0.05, 0) is 19.8 Å². The second kappa shape index (κ2) is 6.63. The van der Waals surface area contributed by atoms with Crippen LogP contribution in [0.15, 0.2) is 0 Å². The highest BCUT2D eigenvalue weighted by Crippen LogP contribution is 2.38. The van der Waals surface area contributed by atoms with E-state index in [0.717, 1.165) is 0 Å². The molecule has 0 aliphatic carbocycles. The average molecular weight is 281 g/mol. The molecule has 0 aromatic carbocycles. The van der Waals surface area contributed by atoms with Crippen molar-refractivity contribution in [2.24, 2.45) is 5.73 Å². The first kappa shape index (κ1) is 16.8. The summed E-state index contributed by atoms with van der Waals surface area (Å²) in [6, 6.07) is -0.157. The van der Waals surface area contributed by atoms with Crippen molar-refractivity contribution in [1.29, 1.82) is 0 Å². The van der Waals surface area contributed by atoms with E-state index < -0.39 is 35.7 Å². The van der Waals surface area contributed by atoms with Crippen LogP contribution in [0.3, 0.4) is 0 Å². The maximum Gasteiger partial charge on any atom is 0.453 e. The fourth-order valence-corrected chi connectivity index (χ4v) is 2.32. The van der Waals surface area contributed by atoms with Gasteiger partial charge in [-0.1, -0.05) is 0 Å². The zero-order valence-electron chi connectivity index (χ0n) is 9.40. The first-order valence-electron chi connectivity index (χ1n) is 5.11. The van der Waals surface area contributed by atoms with Crippen LogP contribution in [0.2, 0.25) is 0 Å². The lowest BCUT2D eigenvalue weighted by molar-refractivity contribution is -0.284. The van der Waals surface area contributed by atoms with Crippen LogP contribution in [-0.4, -0.2) is 33.9 Å². The molecule has 0 rings (SSSR count). The summed E-state index contributed by atoms with van der Waals surface area (Å²) in [6.45, 7) is 1.70. The number of hydrogen-bond acceptors (Lipinski definition) is 2. The van der Waals surface area contributed by atoms with Gasteiger partial charge in [0.2, 0.25) is 0 Å². The van der Waals surface area contributed by atoms with Gasteiger partial charge in [0.25, 0.3) is 0 Å². The zero-order valence-corrected chi connectivity index (χ0v) is 10.2. The van der Waals surface area contributed by atoms with Crippen LogP contribution < -0.4 is 5.73 Å². The van der Waals surface area contributed by atoms with Gasteiger partial charge in [-0.3, -0.25) is 4.21 Å². The lowest BCUT2D eigenvalue weighted by Gasteiger charge is -2.19. The second-order valence-corrected chi connectivity index (χ2v) is 5.62. The Morgan fingerprint density at radius 2 is 1.71 bits per heavy atom. The Balaban J connectivity index is 3.88. The molecule has 104 valence electrons. The van der Waals surface area contributed by atoms with E-state index in [1.165, 1.54) is 0 Å². The van der Waals surface area contributed by atoms with E-state index in [0.29, 0.717) is 6.42 Å². The van der Waals surface area contributed by atoms with Crippen molar-refractivity contribution < 1.29 is 26.2 Å². The number of alkyl halides is 5. The average Bonchev–Trinajstić information content (AvgIpc) is 2.12. The Morgan fingerprint density at radius 1 is 1.18 bits per heavy atom. The smallest absolute Gasteiger partial charge is 0.328 e. The number of hydrogen-bond donors (Lipinski definition) is 1. The molecule has 2 nitrogen and oxygen atoms in total. The predicted octanol–water partition coefficient (Wildman–Crippen LogP) is 2.45. The van der Waals surface area contributed by atoms with Gasteiger partial charge in [0.15, 0.2) is 0 Å². The molecule has 0 aromatic heterocycles. The normalized spacial score (nSPS) is 16.9. The minimum Gasteiger partial charge on any atom is -0.328 e. The molecule has 8 heteroatoms. The Labute approximate surface area is 99.2 Å². The van der Waals surface area contributed by atoms with E-state index in [4.69, 9.17) is 5.73 Å². The zero-order chi connectivity index (χ0) is 13.7. The standard InChI is InChI=1S/C9H16F5NOS/c1-7(15)3-6-17(16)5-2-4-8(10,11)9(12,13)14/h7H,2-6,15H2,1H3. The maximum atomic E-state index is 12.5. The van der Waals surface area contributed by atoms with Crippen molar-refractivity contribution in [1.82, 2.24) is 0 Å². The summed E-state index contributed by atoms with van der Waals surface area (Å²) < 4.78 is 71.4. The van der Waals surface area contributed by atoms with Crippen molar-refractivity contribution in [2.75, 3.05) is 11.5 Å². The van der Waals surface area contributed by atoms with Crippen molar-refractivity contribution in [3.8, 4) is 0 Å². The quantitative estimate of drug-likeness (QED) is 0.728. The Hall–Kier alpha value is -0.240. The van der Waals surface area contributed by atoms with Gasteiger partial charge in [0.05, 0.1) is 0 Å². The molecule has 2 unspecified atom stereocenters. The highest BCUT2D eigenvalue weighted by atomic mass is 32.2. The minimum absolute atomic E-state index is 0.154. The predicted molar refractivity (Wildman–Crippen MR) is 56.4 cm³/mol. The maximum absolute atomic E-state index is 12.5. The van der Waals surface area contributed by atoms with Crippen LogP contribution in [0.1, 0.15) is 26.2 Å². The highest BCUT2D eigenvalue weighted by molar-refractivity contribution is 7.84. The van der Waals surface area contributed by atoms with E-state index >= 15 is 0 Å². The van der Waals surface area contributed by atoms with Gasteiger partial charge in [0.1, 0.15) is 0 Å². The number of halogens is 5. The van der Waals surface area contributed by atoms with Crippen molar-refractivity contribution in [3.05, 3.63) is 0 Å². The molecule has 0 aliphatic heterocycles. The van der Waals surface area contributed by atoms with Gasteiger partial charge in [-0.15, -0.1) is 0 Å². The molecule has 0 saturated carbocycles. The van der Waals surface area contributed by atoms with Gasteiger partial charge in [-0.25, -0.2) is 0 Å². The van der Waals surface area contributed by atoms with Crippen LogP contribution in [0, 0.1) is 0 Å². The van der Waals surface area contributed by atoms with Gasteiger partial charge in [-0.2, -0.15) is 22.0 Å². The third-order valence-corrected chi connectivity index (χ3v) is 3.51. The number of nitrogens with two attached hydrogens (primary N) is 1. The molecule has 2 N–H and O–H groups in total. The van der Waals surface area contributed by atoms with Gasteiger partial charge < -0.3 is 5.73 Å². The fourth-order valence-electron chi connectivity index (χ4n) is 1.02.